The maximum Gasteiger partial charge on any atom is 0.306 e. The van der Waals surface area contributed by atoms with Crippen molar-refractivity contribution in [2.45, 2.75) is 245 Å². The first-order valence-electron chi connectivity index (χ1n) is 24.8. The summed E-state index contributed by atoms with van der Waals surface area (Å²) in [5, 5.41) is 0. The number of allylic oxidation sites excluding steroid dienone is 10. The van der Waals surface area contributed by atoms with Crippen LogP contribution in [0.15, 0.2) is 60.8 Å². The quantitative estimate of drug-likeness (QED) is 0.0263. The minimum atomic E-state index is -0.776. The van der Waals surface area contributed by atoms with E-state index in [0.29, 0.717) is 19.3 Å². The maximum atomic E-state index is 12.7. The van der Waals surface area contributed by atoms with Crippen molar-refractivity contribution in [1.29, 1.82) is 0 Å². The minimum absolute atomic E-state index is 0.0807. The molecule has 0 saturated carbocycles. The van der Waals surface area contributed by atoms with Crippen LogP contribution in [0.5, 0.6) is 0 Å². The van der Waals surface area contributed by atoms with Crippen molar-refractivity contribution in [2.75, 3.05) is 13.2 Å². The molecule has 0 N–H and O–H groups in total. The van der Waals surface area contributed by atoms with Gasteiger partial charge in [0.2, 0.25) is 0 Å². The Balaban J connectivity index is 4.18. The van der Waals surface area contributed by atoms with E-state index < -0.39 is 6.10 Å². The molecule has 6 nitrogen and oxygen atoms in total. The molecule has 0 amide bonds. The van der Waals surface area contributed by atoms with Crippen molar-refractivity contribution in [2.24, 2.45) is 0 Å². The van der Waals surface area contributed by atoms with Gasteiger partial charge < -0.3 is 14.2 Å². The summed E-state index contributed by atoms with van der Waals surface area (Å²) in [6.07, 6.45) is 58.1. The van der Waals surface area contributed by atoms with Crippen LogP contribution in [0.1, 0.15) is 239 Å². The molecule has 0 aromatic carbocycles. The van der Waals surface area contributed by atoms with E-state index in [4.69, 9.17) is 14.2 Å². The van der Waals surface area contributed by atoms with E-state index in [2.05, 4.69) is 81.5 Å². The second-order valence-corrected chi connectivity index (χ2v) is 16.3. The average molecular weight is 825 g/mol. The molecular weight excluding hydrogens is 733 g/mol. The van der Waals surface area contributed by atoms with E-state index in [-0.39, 0.29) is 31.1 Å². The Kier molecular flexibility index (Phi) is 45.4. The zero-order chi connectivity index (χ0) is 43.0. The predicted octanol–water partition coefficient (Wildman–Crippen LogP) is 16.1. The molecule has 0 aliphatic rings. The third kappa shape index (κ3) is 46.0. The standard InChI is InChI=1S/C53H92O6/c1-4-7-10-13-15-17-19-21-23-24-25-26-27-28-30-31-33-35-37-40-43-46-52(55)58-49-50(48-57-51(54)45-42-39-12-9-6-3)59-53(56)47-44-41-38-36-34-32-29-22-20-18-16-14-11-8-5-2/h7,10,15,17,21-23,25-26,29,50H,4-6,8-9,11-14,16,18-20,24,27-28,30-49H2,1-3H3/b10-7-,17-15-,23-21-,26-25-,29-22-. The second-order valence-electron chi connectivity index (χ2n) is 16.3. The molecule has 0 bridgehead atoms. The molecule has 0 aliphatic heterocycles. The molecule has 0 saturated heterocycles. The van der Waals surface area contributed by atoms with Crippen LogP contribution in [-0.4, -0.2) is 37.2 Å². The molecule has 0 aliphatic carbocycles. The molecule has 59 heavy (non-hydrogen) atoms. The Labute approximate surface area is 364 Å². The first kappa shape index (κ1) is 56.1. The van der Waals surface area contributed by atoms with Gasteiger partial charge in [-0.15, -0.1) is 0 Å². The van der Waals surface area contributed by atoms with E-state index in [9.17, 15) is 14.4 Å². The summed E-state index contributed by atoms with van der Waals surface area (Å²) in [5.74, 6) is -0.910. The van der Waals surface area contributed by atoms with Gasteiger partial charge in [-0.2, -0.15) is 0 Å². The molecule has 0 radical (unpaired) electrons. The predicted molar refractivity (Wildman–Crippen MR) is 251 cm³/mol. The van der Waals surface area contributed by atoms with Crippen molar-refractivity contribution < 1.29 is 28.6 Å². The highest BCUT2D eigenvalue weighted by Crippen LogP contribution is 2.14. The lowest BCUT2D eigenvalue weighted by atomic mass is 10.1. The van der Waals surface area contributed by atoms with Crippen molar-refractivity contribution in [1.82, 2.24) is 0 Å². The first-order chi connectivity index (χ1) is 29.0. The van der Waals surface area contributed by atoms with Gasteiger partial charge >= 0.3 is 17.9 Å². The lowest BCUT2D eigenvalue weighted by Gasteiger charge is -2.18. The minimum Gasteiger partial charge on any atom is -0.462 e. The Hall–Kier alpha value is -2.89. The third-order valence-corrected chi connectivity index (χ3v) is 10.5. The topological polar surface area (TPSA) is 78.9 Å². The van der Waals surface area contributed by atoms with Crippen LogP contribution in [-0.2, 0) is 28.6 Å². The van der Waals surface area contributed by atoms with E-state index >= 15 is 0 Å². The van der Waals surface area contributed by atoms with Gasteiger partial charge in [0.25, 0.3) is 0 Å². The summed E-state index contributed by atoms with van der Waals surface area (Å²) in [6, 6.07) is 0. The number of hydrogen-bond donors (Lipinski definition) is 0. The van der Waals surface area contributed by atoms with Crippen LogP contribution in [0.3, 0.4) is 0 Å². The molecule has 1 unspecified atom stereocenters. The number of carbonyl (C=O) groups excluding carboxylic acids is 3. The van der Waals surface area contributed by atoms with Crippen molar-refractivity contribution in [3.8, 4) is 0 Å². The molecule has 1 atom stereocenters. The summed E-state index contributed by atoms with van der Waals surface area (Å²) in [5.41, 5.74) is 0. The third-order valence-electron chi connectivity index (χ3n) is 10.5. The summed E-state index contributed by atoms with van der Waals surface area (Å²) < 4.78 is 16.6. The van der Waals surface area contributed by atoms with Crippen molar-refractivity contribution >= 4 is 17.9 Å². The molecule has 0 rings (SSSR count). The second kappa shape index (κ2) is 47.8. The van der Waals surface area contributed by atoms with Crippen LogP contribution >= 0.6 is 0 Å². The van der Waals surface area contributed by atoms with Crippen LogP contribution in [0, 0.1) is 0 Å². The molecule has 0 aromatic rings. The molecule has 6 heteroatoms. The van der Waals surface area contributed by atoms with Crippen LogP contribution in [0.25, 0.3) is 0 Å². The largest absolute Gasteiger partial charge is 0.462 e. The smallest absolute Gasteiger partial charge is 0.306 e. The first-order valence-corrected chi connectivity index (χ1v) is 24.8. The lowest BCUT2D eigenvalue weighted by Crippen LogP contribution is -2.30. The highest BCUT2D eigenvalue weighted by atomic mass is 16.6. The number of hydrogen-bond acceptors (Lipinski definition) is 6. The molecule has 0 aromatic heterocycles. The fraction of sp³-hybridized carbons (Fsp3) is 0.755. The molecule has 0 spiro atoms. The summed E-state index contributed by atoms with van der Waals surface area (Å²) in [4.78, 5) is 37.6. The lowest BCUT2D eigenvalue weighted by molar-refractivity contribution is -0.167. The van der Waals surface area contributed by atoms with Crippen LogP contribution in [0.2, 0.25) is 0 Å². The molecule has 0 heterocycles. The van der Waals surface area contributed by atoms with Gasteiger partial charge in [0.1, 0.15) is 13.2 Å². The molecular formula is C53H92O6. The summed E-state index contributed by atoms with van der Waals surface area (Å²) >= 11 is 0. The van der Waals surface area contributed by atoms with Crippen molar-refractivity contribution in [3.63, 3.8) is 0 Å². The van der Waals surface area contributed by atoms with Gasteiger partial charge in [-0.1, -0.05) is 197 Å². The fourth-order valence-electron chi connectivity index (χ4n) is 6.78. The Morgan fingerprint density at radius 3 is 1.05 bits per heavy atom. The SMILES string of the molecule is CC/C=C\C/C=C\C/C=C\C/C=C\CCCCCCCCCCC(=O)OCC(COC(=O)CCCCCCC)OC(=O)CCCCCCC/C=C\CCCCCCCC. The van der Waals surface area contributed by atoms with Gasteiger partial charge in [0, 0.05) is 19.3 Å². The van der Waals surface area contributed by atoms with Gasteiger partial charge in [-0.3, -0.25) is 14.4 Å². The van der Waals surface area contributed by atoms with Gasteiger partial charge in [0.05, 0.1) is 0 Å². The number of unbranched alkanes of at least 4 members (excludes halogenated alkanes) is 23. The summed E-state index contributed by atoms with van der Waals surface area (Å²) in [6.45, 7) is 6.42. The van der Waals surface area contributed by atoms with Crippen LogP contribution in [0.4, 0.5) is 0 Å². The van der Waals surface area contributed by atoms with Gasteiger partial charge in [0.15, 0.2) is 6.10 Å². The van der Waals surface area contributed by atoms with Gasteiger partial charge in [-0.05, 0) is 83.5 Å². The Bertz CT molecular complexity index is 1090. The highest BCUT2D eigenvalue weighted by Gasteiger charge is 2.19. The summed E-state index contributed by atoms with van der Waals surface area (Å²) in [7, 11) is 0. The van der Waals surface area contributed by atoms with E-state index in [1.807, 2.05) is 0 Å². The fourth-order valence-corrected chi connectivity index (χ4v) is 6.78. The number of ether oxygens (including phenoxy) is 3. The molecule has 0 fully saturated rings. The normalized spacial score (nSPS) is 12.5. The highest BCUT2D eigenvalue weighted by molar-refractivity contribution is 5.71. The van der Waals surface area contributed by atoms with Crippen LogP contribution < -0.4 is 0 Å². The Morgan fingerprint density at radius 1 is 0.356 bits per heavy atom. The number of rotatable bonds is 44. The molecule has 340 valence electrons. The zero-order valence-electron chi connectivity index (χ0n) is 38.8. The maximum absolute atomic E-state index is 12.7. The number of esters is 3. The van der Waals surface area contributed by atoms with Crippen molar-refractivity contribution in [3.05, 3.63) is 60.8 Å². The van der Waals surface area contributed by atoms with E-state index in [0.717, 1.165) is 109 Å². The average Bonchev–Trinajstić information content (AvgIpc) is 3.23. The van der Waals surface area contributed by atoms with E-state index in [1.54, 1.807) is 0 Å². The number of carbonyl (C=O) groups is 3. The monoisotopic (exact) mass is 825 g/mol. The Morgan fingerprint density at radius 2 is 0.661 bits per heavy atom. The zero-order valence-corrected chi connectivity index (χ0v) is 38.8. The van der Waals surface area contributed by atoms with E-state index in [1.165, 1.54) is 89.9 Å². The van der Waals surface area contributed by atoms with Gasteiger partial charge in [-0.25, -0.2) is 0 Å².